The molecule has 2 nitrogen and oxygen atoms in total. The molecule has 1 aliphatic rings. The predicted molar refractivity (Wildman–Crippen MR) is 205 cm³/mol. The first-order valence-electron chi connectivity index (χ1n) is 17.0. The van der Waals surface area contributed by atoms with Gasteiger partial charge in [-0.2, -0.15) is 0 Å². The minimum Gasteiger partial charge on any atom is -0.312 e. The molecule has 0 fully saturated rings. The second kappa shape index (κ2) is 10.3. The molecule has 0 bridgehead atoms. The molecule has 2 heteroatoms. The van der Waals surface area contributed by atoms with Crippen LogP contribution in [0.2, 0.25) is 0 Å². The molecule has 228 valence electrons. The van der Waals surface area contributed by atoms with E-state index in [1.54, 1.807) is 0 Å². The molecule has 2 aromatic heterocycles. The van der Waals surface area contributed by atoms with Crippen LogP contribution in [0.4, 0.5) is 0 Å². The van der Waals surface area contributed by atoms with E-state index in [1.807, 2.05) is 0 Å². The van der Waals surface area contributed by atoms with Gasteiger partial charge in [0.25, 0.3) is 0 Å². The molecule has 0 saturated carbocycles. The first kappa shape index (κ1) is 27.3. The highest BCUT2D eigenvalue weighted by Gasteiger charge is 2.25. The van der Waals surface area contributed by atoms with E-state index >= 15 is 0 Å². The Labute approximate surface area is 279 Å². The average molecular weight is 615 g/mol. The van der Waals surface area contributed by atoms with Crippen LogP contribution in [0.5, 0.6) is 0 Å². The van der Waals surface area contributed by atoms with Gasteiger partial charge in [-0.3, -0.25) is 0 Å². The number of hydrogen-bond donors (Lipinski definition) is 0. The van der Waals surface area contributed by atoms with Gasteiger partial charge in [0.15, 0.2) is 0 Å². The largest absolute Gasteiger partial charge is 0.312 e. The predicted octanol–water partition coefficient (Wildman–Crippen LogP) is 12.5. The Bertz CT molecular complexity index is 2730. The van der Waals surface area contributed by atoms with E-state index < -0.39 is 0 Å². The smallest absolute Gasteiger partial charge is 0.0547 e. The highest BCUT2D eigenvalue weighted by Crippen LogP contribution is 2.44. The Morgan fingerprint density at radius 1 is 0.521 bits per heavy atom. The number of rotatable bonds is 3. The van der Waals surface area contributed by atoms with E-state index in [0.29, 0.717) is 5.92 Å². The van der Waals surface area contributed by atoms with Gasteiger partial charge in [0.2, 0.25) is 0 Å². The van der Waals surface area contributed by atoms with Crippen molar-refractivity contribution in [1.82, 2.24) is 9.13 Å². The van der Waals surface area contributed by atoms with Crippen molar-refractivity contribution in [3.05, 3.63) is 162 Å². The summed E-state index contributed by atoms with van der Waals surface area (Å²) < 4.78 is 5.06. The lowest BCUT2D eigenvalue weighted by Crippen LogP contribution is -2.08. The fraction of sp³-hybridized carbons (Fsp3) is 0.0870. The molecular weight excluding hydrogens is 581 g/mol. The molecular formula is C46H34N2. The van der Waals surface area contributed by atoms with E-state index in [0.717, 1.165) is 6.42 Å². The number of allylic oxidation sites excluding steroid dienone is 1. The number of nitrogens with zero attached hydrogens (tertiary/aromatic N) is 2. The summed E-state index contributed by atoms with van der Waals surface area (Å²) >= 11 is 0. The SMILES string of the molecule is Cc1cccc(-c2ccc3cc(-n4c5c(c6ccccc64)C=CCC5C)c4cccc(-n5c6ccccc6c6ccccc65)c4c3c2)c1. The van der Waals surface area contributed by atoms with E-state index in [2.05, 4.69) is 175 Å². The van der Waals surface area contributed by atoms with Crippen molar-refractivity contribution in [2.24, 2.45) is 0 Å². The summed E-state index contributed by atoms with van der Waals surface area (Å²) in [6, 6.07) is 51.8. The topological polar surface area (TPSA) is 9.86 Å². The molecule has 2 heterocycles. The number of benzene rings is 7. The van der Waals surface area contributed by atoms with Gasteiger partial charge in [-0.15, -0.1) is 0 Å². The summed E-state index contributed by atoms with van der Waals surface area (Å²) in [6.07, 6.45) is 5.73. The van der Waals surface area contributed by atoms with Crippen molar-refractivity contribution < 1.29 is 0 Å². The molecule has 0 spiro atoms. The standard InChI is InChI=1S/C46H34N2/c1-29-12-9-14-31(26-29)32-24-25-33-28-44(48-42-22-8-5-17-36(42)37-18-10-13-30(2)46(37)48)38-19-11-23-43(45(38)39(33)27-32)47-40-20-6-3-15-34(40)35-16-4-7-21-41(35)47/h3-12,14-28,30H,13H2,1-2H3. The van der Waals surface area contributed by atoms with Gasteiger partial charge in [0.1, 0.15) is 0 Å². The summed E-state index contributed by atoms with van der Waals surface area (Å²) in [6.45, 7) is 4.55. The molecule has 0 aliphatic heterocycles. The van der Waals surface area contributed by atoms with Gasteiger partial charge < -0.3 is 9.13 Å². The highest BCUT2D eigenvalue weighted by atomic mass is 15.0. The minimum atomic E-state index is 0.410. The molecule has 7 aromatic carbocycles. The molecule has 1 unspecified atom stereocenters. The fourth-order valence-electron chi connectivity index (χ4n) is 8.42. The van der Waals surface area contributed by atoms with Crippen LogP contribution in [0.3, 0.4) is 0 Å². The van der Waals surface area contributed by atoms with E-state index in [4.69, 9.17) is 0 Å². The Hall–Kier alpha value is -5.86. The number of hydrogen-bond acceptors (Lipinski definition) is 0. The van der Waals surface area contributed by atoms with Crippen molar-refractivity contribution in [2.45, 2.75) is 26.2 Å². The summed E-state index contributed by atoms with van der Waals surface area (Å²) in [4.78, 5) is 0. The first-order valence-corrected chi connectivity index (χ1v) is 17.0. The molecule has 10 rings (SSSR count). The van der Waals surface area contributed by atoms with Gasteiger partial charge >= 0.3 is 0 Å². The second-order valence-electron chi connectivity index (χ2n) is 13.5. The maximum Gasteiger partial charge on any atom is 0.0547 e. The molecule has 0 N–H and O–H groups in total. The molecule has 0 saturated heterocycles. The third-order valence-electron chi connectivity index (χ3n) is 10.5. The first-order chi connectivity index (χ1) is 23.7. The Morgan fingerprint density at radius 2 is 1.17 bits per heavy atom. The number of para-hydroxylation sites is 3. The zero-order chi connectivity index (χ0) is 31.9. The summed E-state index contributed by atoms with van der Waals surface area (Å²) in [5.74, 6) is 0.410. The van der Waals surface area contributed by atoms with E-state index in [1.165, 1.54) is 93.6 Å². The quantitative estimate of drug-likeness (QED) is 0.175. The zero-order valence-corrected chi connectivity index (χ0v) is 27.1. The second-order valence-corrected chi connectivity index (χ2v) is 13.5. The van der Waals surface area contributed by atoms with Crippen LogP contribution in [0.25, 0.3) is 82.8 Å². The van der Waals surface area contributed by atoms with Crippen molar-refractivity contribution in [1.29, 1.82) is 0 Å². The average Bonchev–Trinajstić information content (AvgIpc) is 3.65. The lowest BCUT2D eigenvalue weighted by molar-refractivity contribution is 0.725. The molecule has 0 radical (unpaired) electrons. The minimum absolute atomic E-state index is 0.410. The number of aromatic nitrogens is 2. The summed E-state index contributed by atoms with van der Waals surface area (Å²) in [5.41, 5.74) is 12.7. The van der Waals surface area contributed by atoms with Crippen LogP contribution in [-0.2, 0) is 0 Å². The number of fused-ring (bicyclic) bond motifs is 9. The van der Waals surface area contributed by atoms with Gasteiger partial charge in [0, 0.05) is 44.1 Å². The fourth-order valence-corrected chi connectivity index (χ4v) is 8.42. The molecule has 1 atom stereocenters. The third kappa shape index (κ3) is 3.86. The van der Waals surface area contributed by atoms with Crippen molar-refractivity contribution in [3.63, 3.8) is 0 Å². The Kier molecular flexibility index (Phi) is 5.86. The molecule has 0 amide bonds. The van der Waals surface area contributed by atoms with Crippen LogP contribution in [0.15, 0.2) is 146 Å². The lowest BCUT2D eigenvalue weighted by Gasteiger charge is -2.22. The van der Waals surface area contributed by atoms with Gasteiger partial charge in [0.05, 0.1) is 27.9 Å². The van der Waals surface area contributed by atoms with Gasteiger partial charge in [-0.05, 0) is 71.6 Å². The summed E-state index contributed by atoms with van der Waals surface area (Å²) in [7, 11) is 0. The normalized spacial score (nSPS) is 14.5. The van der Waals surface area contributed by atoms with Crippen LogP contribution in [0.1, 0.15) is 36.1 Å². The third-order valence-corrected chi connectivity index (χ3v) is 10.5. The van der Waals surface area contributed by atoms with E-state index in [9.17, 15) is 0 Å². The molecule has 48 heavy (non-hydrogen) atoms. The molecule has 9 aromatic rings. The zero-order valence-electron chi connectivity index (χ0n) is 27.1. The maximum atomic E-state index is 2.57. The van der Waals surface area contributed by atoms with E-state index in [-0.39, 0.29) is 0 Å². The summed E-state index contributed by atoms with van der Waals surface area (Å²) in [5, 5.41) is 8.91. The van der Waals surface area contributed by atoms with Gasteiger partial charge in [-0.1, -0.05) is 128 Å². The number of aryl methyl sites for hydroxylation is 1. The Morgan fingerprint density at radius 3 is 1.92 bits per heavy atom. The highest BCUT2D eigenvalue weighted by molar-refractivity contribution is 6.18. The van der Waals surface area contributed by atoms with Crippen LogP contribution < -0.4 is 0 Å². The van der Waals surface area contributed by atoms with Gasteiger partial charge in [-0.25, -0.2) is 0 Å². The van der Waals surface area contributed by atoms with Crippen molar-refractivity contribution in [2.75, 3.05) is 0 Å². The van der Waals surface area contributed by atoms with Crippen LogP contribution in [0, 0.1) is 6.92 Å². The maximum absolute atomic E-state index is 2.57. The Balaban J connectivity index is 1.39. The van der Waals surface area contributed by atoms with Crippen molar-refractivity contribution >= 4 is 60.3 Å². The van der Waals surface area contributed by atoms with Crippen LogP contribution >= 0.6 is 0 Å². The van der Waals surface area contributed by atoms with Crippen molar-refractivity contribution in [3.8, 4) is 22.5 Å². The lowest BCUT2D eigenvalue weighted by atomic mass is 9.92. The molecule has 1 aliphatic carbocycles. The monoisotopic (exact) mass is 614 g/mol. The van der Waals surface area contributed by atoms with Crippen LogP contribution in [-0.4, -0.2) is 9.13 Å².